The SMILES string of the molecule is Cc1ccc(-c2cc(NC3CCNCC3)c3ccccc3c2)cn1. The number of rotatable bonds is 3. The van der Waals surface area contributed by atoms with E-state index < -0.39 is 0 Å². The van der Waals surface area contributed by atoms with Gasteiger partial charge >= 0.3 is 0 Å². The molecule has 24 heavy (non-hydrogen) atoms. The molecule has 1 aliphatic heterocycles. The number of hydrogen-bond donors (Lipinski definition) is 2. The molecule has 3 heteroatoms. The highest BCUT2D eigenvalue weighted by atomic mass is 15.0. The number of anilines is 1. The Morgan fingerprint density at radius 2 is 1.83 bits per heavy atom. The molecule has 0 radical (unpaired) electrons. The van der Waals surface area contributed by atoms with Gasteiger partial charge in [-0.2, -0.15) is 0 Å². The van der Waals surface area contributed by atoms with Crippen LogP contribution < -0.4 is 10.6 Å². The van der Waals surface area contributed by atoms with Crippen molar-refractivity contribution in [2.75, 3.05) is 18.4 Å². The molecule has 2 aromatic carbocycles. The number of benzene rings is 2. The van der Waals surface area contributed by atoms with Crippen LogP contribution in [-0.4, -0.2) is 24.1 Å². The van der Waals surface area contributed by atoms with Gasteiger partial charge in [0, 0.05) is 34.6 Å². The van der Waals surface area contributed by atoms with Crippen molar-refractivity contribution < 1.29 is 0 Å². The second-order valence-corrected chi connectivity index (χ2v) is 6.60. The van der Waals surface area contributed by atoms with Crippen LogP contribution in [0.4, 0.5) is 5.69 Å². The maximum absolute atomic E-state index is 4.45. The van der Waals surface area contributed by atoms with Crippen molar-refractivity contribution in [2.45, 2.75) is 25.8 Å². The fraction of sp³-hybridized carbons (Fsp3) is 0.286. The van der Waals surface area contributed by atoms with Crippen LogP contribution in [-0.2, 0) is 0 Å². The average molecular weight is 317 g/mol. The predicted octanol–water partition coefficient (Wildman–Crippen LogP) is 4.37. The Hall–Kier alpha value is -2.39. The molecule has 1 fully saturated rings. The first-order valence-electron chi connectivity index (χ1n) is 8.73. The maximum Gasteiger partial charge on any atom is 0.0428 e. The molecule has 2 heterocycles. The number of fused-ring (bicyclic) bond motifs is 1. The van der Waals surface area contributed by atoms with Gasteiger partial charge in [-0.25, -0.2) is 0 Å². The van der Waals surface area contributed by atoms with Crippen LogP contribution in [0.25, 0.3) is 21.9 Å². The standard InChI is InChI=1S/C21H23N3/c1-15-6-7-17(14-23-15)18-12-16-4-2-3-5-20(16)21(13-18)24-19-8-10-22-11-9-19/h2-7,12-14,19,22,24H,8-11H2,1H3. The minimum atomic E-state index is 0.543. The summed E-state index contributed by atoms with van der Waals surface area (Å²) in [6, 6.07) is 17.9. The molecule has 122 valence electrons. The first kappa shape index (κ1) is 15.2. The Bertz CT molecular complexity index is 833. The van der Waals surface area contributed by atoms with Gasteiger partial charge in [0.15, 0.2) is 0 Å². The molecular weight excluding hydrogens is 294 g/mol. The molecule has 1 aromatic heterocycles. The van der Waals surface area contributed by atoms with Crippen molar-refractivity contribution in [3.8, 4) is 11.1 Å². The third kappa shape index (κ3) is 3.13. The van der Waals surface area contributed by atoms with E-state index in [-0.39, 0.29) is 0 Å². The summed E-state index contributed by atoms with van der Waals surface area (Å²) in [6.07, 6.45) is 4.31. The molecule has 0 spiro atoms. The summed E-state index contributed by atoms with van der Waals surface area (Å²) in [5, 5.41) is 9.78. The minimum absolute atomic E-state index is 0.543. The van der Waals surface area contributed by atoms with Gasteiger partial charge in [-0.3, -0.25) is 4.98 Å². The van der Waals surface area contributed by atoms with E-state index in [9.17, 15) is 0 Å². The number of nitrogens with zero attached hydrogens (tertiary/aromatic N) is 1. The Morgan fingerprint density at radius 1 is 1.00 bits per heavy atom. The monoisotopic (exact) mass is 317 g/mol. The van der Waals surface area contributed by atoms with Gasteiger partial charge in [-0.05, 0) is 62.0 Å². The lowest BCUT2D eigenvalue weighted by molar-refractivity contribution is 0.479. The molecule has 1 saturated heterocycles. The molecule has 0 saturated carbocycles. The predicted molar refractivity (Wildman–Crippen MR) is 101 cm³/mol. The first-order valence-corrected chi connectivity index (χ1v) is 8.73. The smallest absolute Gasteiger partial charge is 0.0428 e. The van der Waals surface area contributed by atoms with Crippen molar-refractivity contribution in [3.63, 3.8) is 0 Å². The molecule has 0 atom stereocenters. The summed E-state index contributed by atoms with van der Waals surface area (Å²) in [7, 11) is 0. The third-order valence-electron chi connectivity index (χ3n) is 4.81. The molecule has 3 nitrogen and oxygen atoms in total. The zero-order valence-electron chi connectivity index (χ0n) is 14.0. The van der Waals surface area contributed by atoms with Crippen molar-refractivity contribution >= 4 is 16.5 Å². The van der Waals surface area contributed by atoms with E-state index in [1.807, 2.05) is 13.1 Å². The van der Waals surface area contributed by atoms with Gasteiger partial charge in [0.05, 0.1) is 0 Å². The van der Waals surface area contributed by atoms with Gasteiger partial charge in [0.2, 0.25) is 0 Å². The average Bonchev–Trinajstić information content (AvgIpc) is 2.63. The first-order chi connectivity index (χ1) is 11.8. The number of aryl methyl sites for hydroxylation is 1. The van der Waals surface area contributed by atoms with Gasteiger partial charge in [-0.15, -0.1) is 0 Å². The van der Waals surface area contributed by atoms with E-state index in [1.54, 1.807) is 0 Å². The van der Waals surface area contributed by atoms with Crippen LogP contribution in [0, 0.1) is 6.92 Å². The fourth-order valence-corrected chi connectivity index (χ4v) is 3.42. The molecule has 0 unspecified atom stereocenters. The summed E-state index contributed by atoms with van der Waals surface area (Å²) in [5.74, 6) is 0. The van der Waals surface area contributed by atoms with Crippen LogP contribution in [0.5, 0.6) is 0 Å². The lowest BCUT2D eigenvalue weighted by Gasteiger charge is -2.25. The molecule has 1 aliphatic rings. The second-order valence-electron chi connectivity index (χ2n) is 6.60. The number of piperidine rings is 1. The minimum Gasteiger partial charge on any atom is -0.382 e. The Morgan fingerprint density at radius 3 is 2.62 bits per heavy atom. The highest BCUT2D eigenvalue weighted by Gasteiger charge is 2.14. The normalized spacial score (nSPS) is 15.5. The number of pyridine rings is 1. The molecular formula is C21H23N3. The molecule has 0 bridgehead atoms. The van der Waals surface area contributed by atoms with Gasteiger partial charge in [0.1, 0.15) is 0 Å². The van der Waals surface area contributed by atoms with E-state index in [1.165, 1.54) is 40.4 Å². The van der Waals surface area contributed by atoms with Gasteiger partial charge in [0.25, 0.3) is 0 Å². The van der Waals surface area contributed by atoms with E-state index >= 15 is 0 Å². The quantitative estimate of drug-likeness (QED) is 0.753. The summed E-state index contributed by atoms with van der Waals surface area (Å²) >= 11 is 0. The summed E-state index contributed by atoms with van der Waals surface area (Å²) < 4.78 is 0. The van der Waals surface area contributed by atoms with E-state index in [0.29, 0.717) is 6.04 Å². The lowest BCUT2D eigenvalue weighted by atomic mass is 9.99. The Kier molecular flexibility index (Phi) is 4.18. The molecule has 4 rings (SSSR count). The Balaban J connectivity index is 1.76. The highest BCUT2D eigenvalue weighted by Crippen LogP contribution is 2.32. The Labute approximate surface area is 143 Å². The van der Waals surface area contributed by atoms with Crippen molar-refractivity contribution in [3.05, 3.63) is 60.4 Å². The third-order valence-corrected chi connectivity index (χ3v) is 4.81. The molecule has 0 amide bonds. The van der Waals surface area contributed by atoms with Crippen molar-refractivity contribution in [2.24, 2.45) is 0 Å². The van der Waals surface area contributed by atoms with Gasteiger partial charge < -0.3 is 10.6 Å². The molecule has 2 N–H and O–H groups in total. The second kappa shape index (κ2) is 6.62. The van der Waals surface area contributed by atoms with Gasteiger partial charge in [-0.1, -0.05) is 30.3 Å². The van der Waals surface area contributed by atoms with E-state index in [2.05, 4.69) is 64.1 Å². The van der Waals surface area contributed by atoms with Crippen molar-refractivity contribution in [1.82, 2.24) is 10.3 Å². The maximum atomic E-state index is 4.45. The largest absolute Gasteiger partial charge is 0.382 e. The van der Waals surface area contributed by atoms with E-state index in [0.717, 1.165) is 18.8 Å². The fourth-order valence-electron chi connectivity index (χ4n) is 3.42. The van der Waals surface area contributed by atoms with Crippen LogP contribution in [0.2, 0.25) is 0 Å². The number of hydrogen-bond acceptors (Lipinski definition) is 3. The molecule has 3 aromatic rings. The highest BCUT2D eigenvalue weighted by molar-refractivity contribution is 5.97. The van der Waals surface area contributed by atoms with Crippen LogP contribution >= 0.6 is 0 Å². The van der Waals surface area contributed by atoms with Crippen molar-refractivity contribution in [1.29, 1.82) is 0 Å². The van der Waals surface area contributed by atoms with E-state index in [4.69, 9.17) is 0 Å². The summed E-state index contributed by atoms with van der Waals surface area (Å²) in [5.41, 5.74) is 4.67. The van der Waals surface area contributed by atoms with Crippen LogP contribution in [0.15, 0.2) is 54.7 Å². The summed E-state index contributed by atoms with van der Waals surface area (Å²) in [4.78, 5) is 4.45. The zero-order chi connectivity index (χ0) is 16.4. The topological polar surface area (TPSA) is 37.0 Å². The number of aromatic nitrogens is 1. The zero-order valence-corrected chi connectivity index (χ0v) is 14.0. The summed E-state index contributed by atoms with van der Waals surface area (Å²) in [6.45, 7) is 4.21. The molecule has 0 aliphatic carbocycles. The number of nitrogens with one attached hydrogen (secondary N) is 2. The van der Waals surface area contributed by atoms with Crippen LogP contribution in [0.3, 0.4) is 0 Å². The van der Waals surface area contributed by atoms with Crippen LogP contribution in [0.1, 0.15) is 18.5 Å². The lowest BCUT2D eigenvalue weighted by Crippen LogP contribution is -2.35.